The average molecular weight is 241 g/mol. The fourth-order valence-corrected chi connectivity index (χ4v) is 2.48. The van der Waals surface area contributed by atoms with Crippen LogP contribution in [0.5, 0.6) is 0 Å². The topological polar surface area (TPSA) is 38.3 Å². The van der Waals surface area contributed by atoms with Crippen LogP contribution in [0.4, 0.5) is 0 Å². The Hall–Kier alpha value is -0.753. The van der Waals surface area contributed by atoms with Crippen molar-refractivity contribution in [3.63, 3.8) is 0 Å². The van der Waals surface area contributed by atoms with Crippen LogP contribution in [-0.2, 0) is 9.53 Å². The molecule has 2 unspecified atom stereocenters. The van der Waals surface area contributed by atoms with E-state index in [9.17, 15) is 4.79 Å². The van der Waals surface area contributed by atoms with Gasteiger partial charge in [0.25, 0.3) is 0 Å². The summed E-state index contributed by atoms with van der Waals surface area (Å²) in [5.41, 5.74) is 1.04. The quantitative estimate of drug-likeness (QED) is 0.556. The van der Waals surface area contributed by atoms with E-state index in [0.717, 1.165) is 18.5 Å². The standard InChI is InChI=1S/C14H19NO2.Li.H/c1-17-14(16)13(11-7-3-2-4-8-11)12-9-5-6-10-15-12;;/h2-4,7-8,12-13,15H,5-6,9-10H2,1H3;;/q;+1;-1. The zero-order valence-corrected chi connectivity index (χ0v) is 11.2. The van der Waals surface area contributed by atoms with E-state index < -0.39 is 0 Å². The van der Waals surface area contributed by atoms with Gasteiger partial charge in [-0.15, -0.1) is 0 Å². The molecular formula is C14H20LiNO2. The SMILES string of the molecule is COC(=O)C(c1ccccc1)C1CCCCN1.[H-].[Li+]. The third-order valence-corrected chi connectivity index (χ3v) is 3.36. The monoisotopic (exact) mass is 241 g/mol. The maximum absolute atomic E-state index is 11.9. The van der Waals surface area contributed by atoms with Gasteiger partial charge in [-0.25, -0.2) is 0 Å². The molecule has 1 fully saturated rings. The van der Waals surface area contributed by atoms with Crippen molar-refractivity contribution in [3.05, 3.63) is 35.9 Å². The number of rotatable bonds is 3. The molecular weight excluding hydrogens is 221 g/mol. The van der Waals surface area contributed by atoms with Gasteiger partial charge < -0.3 is 11.5 Å². The van der Waals surface area contributed by atoms with Gasteiger partial charge in [0.15, 0.2) is 0 Å². The molecule has 3 nitrogen and oxygen atoms in total. The molecule has 0 radical (unpaired) electrons. The predicted octanol–water partition coefficient (Wildman–Crippen LogP) is -0.798. The van der Waals surface area contributed by atoms with Crippen molar-refractivity contribution in [3.8, 4) is 0 Å². The fraction of sp³-hybridized carbons (Fsp3) is 0.500. The minimum atomic E-state index is -0.179. The van der Waals surface area contributed by atoms with Crippen LogP contribution in [0.3, 0.4) is 0 Å². The van der Waals surface area contributed by atoms with E-state index in [1.165, 1.54) is 20.0 Å². The van der Waals surface area contributed by atoms with Crippen LogP contribution in [0.2, 0.25) is 0 Å². The van der Waals surface area contributed by atoms with Crippen LogP contribution < -0.4 is 24.2 Å². The van der Waals surface area contributed by atoms with Crippen LogP contribution in [-0.4, -0.2) is 25.7 Å². The Morgan fingerprint density at radius 2 is 2.11 bits per heavy atom. The van der Waals surface area contributed by atoms with Crippen molar-refractivity contribution in [2.45, 2.75) is 31.2 Å². The van der Waals surface area contributed by atoms with Gasteiger partial charge in [0.1, 0.15) is 0 Å². The number of ether oxygens (including phenoxy) is 1. The number of methoxy groups -OCH3 is 1. The van der Waals surface area contributed by atoms with Gasteiger partial charge in [-0.2, -0.15) is 0 Å². The summed E-state index contributed by atoms with van der Waals surface area (Å²) >= 11 is 0. The molecule has 18 heavy (non-hydrogen) atoms. The second-order valence-electron chi connectivity index (χ2n) is 4.47. The van der Waals surface area contributed by atoms with E-state index >= 15 is 0 Å². The Kier molecular flexibility index (Phi) is 6.49. The molecule has 1 heterocycles. The Bertz CT molecular complexity index is 369. The number of carbonyl (C=O) groups excluding carboxylic acids is 1. The summed E-state index contributed by atoms with van der Waals surface area (Å²) in [5.74, 6) is -0.322. The average Bonchev–Trinajstić information content (AvgIpc) is 2.41. The van der Waals surface area contributed by atoms with Gasteiger partial charge in [-0.3, -0.25) is 4.79 Å². The first-order valence-electron chi connectivity index (χ1n) is 6.19. The second-order valence-corrected chi connectivity index (χ2v) is 4.47. The first kappa shape index (κ1) is 15.3. The third-order valence-electron chi connectivity index (χ3n) is 3.36. The molecule has 0 saturated carbocycles. The van der Waals surface area contributed by atoms with Gasteiger partial charge in [0, 0.05) is 6.04 Å². The third kappa shape index (κ3) is 3.62. The summed E-state index contributed by atoms with van der Waals surface area (Å²) < 4.78 is 4.94. The minimum absolute atomic E-state index is 0. The summed E-state index contributed by atoms with van der Waals surface area (Å²) in [6, 6.07) is 10.1. The van der Waals surface area contributed by atoms with Crippen LogP contribution in [0, 0.1) is 0 Å². The molecule has 94 valence electrons. The van der Waals surface area contributed by atoms with Crippen molar-refractivity contribution >= 4 is 5.97 Å². The van der Waals surface area contributed by atoms with Crippen molar-refractivity contribution in [1.82, 2.24) is 5.32 Å². The van der Waals surface area contributed by atoms with Gasteiger partial charge >= 0.3 is 24.8 Å². The summed E-state index contributed by atoms with van der Waals surface area (Å²) in [4.78, 5) is 11.9. The molecule has 1 N–H and O–H groups in total. The van der Waals surface area contributed by atoms with Crippen molar-refractivity contribution in [2.75, 3.05) is 13.7 Å². The summed E-state index contributed by atoms with van der Waals surface area (Å²) in [7, 11) is 1.46. The molecule has 1 aromatic carbocycles. The molecule has 1 aromatic rings. The minimum Gasteiger partial charge on any atom is -1.00 e. The molecule has 4 heteroatoms. The Morgan fingerprint density at radius 1 is 1.39 bits per heavy atom. The number of hydrogen-bond acceptors (Lipinski definition) is 3. The Morgan fingerprint density at radius 3 is 2.67 bits per heavy atom. The molecule has 0 amide bonds. The molecule has 1 aliphatic rings. The van der Waals surface area contributed by atoms with Gasteiger partial charge in [-0.1, -0.05) is 36.8 Å². The fourth-order valence-electron chi connectivity index (χ4n) is 2.48. The molecule has 1 saturated heterocycles. The van der Waals surface area contributed by atoms with Crippen LogP contribution in [0.25, 0.3) is 0 Å². The zero-order chi connectivity index (χ0) is 12.1. The molecule has 0 aliphatic carbocycles. The van der Waals surface area contributed by atoms with E-state index in [1.54, 1.807) is 0 Å². The van der Waals surface area contributed by atoms with E-state index in [-0.39, 0.29) is 38.2 Å². The molecule has 0 spiro atoms. The largest absolute Gasteiger partial charge is 1.00 e. The van der Waals surface area contributed by atoms with Gasteiger partial charge in [0.2, 0.25) is 0 Å². The summed E-state index contributed by atoms with van der Waals surface area (Å²) in [5, 5.41) is 3.43. The normalized spacial score (nSPS) is 20.6. The Balaban J connectivity index is 0.00000162. The second kappa shape index (κ2) is 7.63. The molecule has 2 rings (SSSR count). The molecule has 1 aliphatic heterocycles. The number of piperidine rings is 1. The van der Waals surface area contributed by atoms with Gasteiger partial charge in [-0.05, 0) is 24.9 Å². The summed E-state index contributed by atoms with van der Waals surface area (Å²) in [6.45, 7) is 0.991. The van der Waals surface area contributed by atoms with Crippen molar-refractivity contribution in [1.29, 1.82) is 0 Å². The molecule has 2 atom stereocenters. The van der Waals surface area contributed by atoms with E-state index in [2.05, 4.69) is 5.32 Å². The Labute approximate surface area is 122 Å². The first-order valence-corrected chi connectivity index (χ1v) is 6.19. The predicted molar refractivity (Wildman–Crippen MR) is 68.0 cm³/mol. The maximum atomic E-state index is 11.9. The number of nitrogens with one attached hydrogen (secondary N) is 1. The van der Waals surface area contributed by atoms with Gasteiger partial charge in [0.05, 0.1) is 13.0 Å². The number of hydrogen-bond donors (Lipinski definition) is 1. The summed E-state index contributed by atoms with van der Waals surface area (Å²) in [6.07, 6.45) is 3.41. The van der Waals surface area contributed by atoms with Crippen LogP contribution in [0.1, 0.15) is 32.2 Å². The number of esters is 1. The number of benzene rings is 1. The van der Waals surface area contributed by atoms with E-state index in [4.69, 9.17) is 4.74 Å². The van der Waals surface area contributed by atoms with Crippen molar-refractivity contribution in [2.24, 2.45) is 0 Å². The van der Waals surface area contributed by atoms with Crippen molar-refractivity contribution < 1.29 is 29.8 Å². The smallest absolute Gasteiger partial charge is 1.00 e. The molecule has 0 aromatic heterocycles. The van der Waals surface area contributed by atoms with E-state index in [1.807, 2.05) is 30.3 Å². The zero-order valence-electron chi connectivity index (χ0n) is 12.2. The first-order chi connectivity index (χ1) is 8.33. The van der Waals surface area contributed by atoms with E-state index in [0.29, 0.717) is 0 Å². The van der Waals surface area contributed by atoms with Crippen LogP contribution >= 0.6 is 0 Å². The van der Waals surface area contributed by atoms with Crippen LogP contribution in [0.15, 0.2) is 30.3 Å². The molecule has 0 bridgehead atoms. The maximum Gasteiger partial charge on any atom is 1.00 e. The number of carbonyl (C=O) groups is 1.